The molecule has 0 saturated heterocycles. The fourth-order valence-corrected chi connectivity index (χ4v) is 2.73. The Bertz CT molecular complexity index is 500. The van der Waals surface area contributed by atoms with E-state index in [0.717, 1.165) is 0 Å². The van der Waals surface area contributed by atoms with Gasteiger partial charge in [0.25, 0.3) is 0 Å². The van der Waals surface area contributed by atoms with Gasteiger partial charge in [-0.1, -0.05) is 29.3 Å². The molecule has 0 fully saturated rings. The van der Waals surface area contributed by atoms with E-state index in [2.05, 4.69) is 0 Å². The number of rotatable bonds is 3. The van der Waals surface area contributed by atoms with Crippen LogP contribution in [0.25, 0.3) is 0 Å². The molecule has 0 atom stereocenters. The van der Waals surface area contributed by atoms with Crippen molar-refractivity contribution in [2.45, 2.75) is 4.90 Å². The highest BCUT2D eigenvalue weighted by molar-refractivity contribution is 7.91. The number of nitro groups is 1. The maximum Gasteiger partial charge on any atom is 0.305 e. The largest absolute Gasteiger partial charge is 0.305 e. The summed E-state index contributed by atoms with van der Waals surface area (Å²) in [4.78, 5) is 8.87. The van der Waals surface area contributed by atoms with Crippen molar-refractivity contribution >= 4 is 33.0 Å². The fraction of sp³-hybridized carbons (Fsp3) is 0.143. The van der Waals surface area contributed by atoms with E-state index >= 15 is 0 Å². The third-order valence-electron chi connectivity index (χ3n) is 1.53. The predicted molar refractivity (Wildman–Crippen MR) is 55.5 cm³/mol. The smallest absolute Gasteiger partial charge is 0.263 e. The number of hydrogen-bond acceptors (Lipinski definition) is 4. The van der Waals surface area contributed by atoms with Crippen LogP contribution in [0.4, 0.5) is 0 Å². The second-order valence-electron chi connectivity index (χ2n) is 2.63. The average molecular weight is 270 g/mol. The van der Waals surface area contributed by atoms with Crippen molar-refractivity contribution < 1.29 is 13.3 Å². The lowest BCUT2D eigenvalue weighted by atomic mass is 10.4. The zero-order valence-corrected chi connectivity index (χ0v) is 9.51. The molecule has 0 aromatic heterocycles. The molecular formula is C7H5Cl2NO4S. The quantitative estimate of drug-likeness (QED) is 0.621. The van der Waals surface area contributed by atoms with Crippen molar-refractivity contribution in [3.05, 3.63) is 38.4 Å². The van der Waals surface area contributed by atoms with Gasteiger partial charge in [-0.2, -0.15) is 0 Å². The van der Waals surface area contributed by atoms with E-state index in [9.17, 15) is 18.5 Å². The highest BCUT2D eigenvalue weighted by Crippen LogP contribution is 2.29. The molecule has 0 N–H and O–H groups in total. The first-order chi connectivity index (χ1) is 6.84. The molecule has 0 heterocycles. The van der Waals surface area contributed by atoms with E-state index in [1.807, 2.05) is 0 Å². The highest BCUT2D eigenvalue weighted by atomic mass is 35.5. The van der Waals surface area contributed by atoms with E-state index in [1.165, 1.54) is 18.2 Å². The second-order valence-corrected chi connectivity index (χ2v) is 5.34. The minimum atomic E-state index is -4.03. The Morgan fingerprint density at radius 1 is 1.33 bits per heavy atom. The molecule has 5 nitrogen and oxygen atoms in total. The van der Waals surface area contributed by atoms with Crippen molar-refractivity contribution in [2.75, 3.05) is 5.88 Å². The highest BCUT2D eigenvalue weighted by Gasteiger charge is 2.24. The molecule has 0 bridgehead atoms. The maximum absolute atomic E-state index is 11.4. The van der Waals surface area contributed by atoms with Gasteiger partial charge < -0.3 is 0 Å². The third kappa shape index (κ3) is 2.80. The summed E-state index contributed by atoms with van der Waals surface area (Å²) in [5, 5.41) is 9.98. The predicted octanol–water partition coefficient (Wildman–Crippen LogP) is 2.00. The minimum absolute atomic E-state index is 0.0427. The van der Waals surface area contributed by atoms with Crippen LogP contribution in [0.2, 0.25) is 10.0 Å². The van der Waals surface area contributed by atoms with Gasteiger partial charge in [-0.15, -0.1) is 0 Å². The molecule has 82 valence electrons. The molecule has 0 aliphatic carbocycles. The monoisotopic (exact) mass is 269 g/mol. The average Bonchev–Trinajstić information content (AvgIpc) is 2.07. The van der Waals surface area contributed by atoms with Gasteiger partial charge in [0, 0.05) is 4.92 Å². The molecule has 1 rings (SSSR count). The first-order valence-electron chi connectivity index (χ1n) is 3.63. The van der Waals surface area contributed by atoms with E-state index < -0.39 is 20.6 Å². The Hall–Kier alpha value is -0.850. The summed E-state index contributed by atoms with van der Waals surface area (Å²) in [5.41, 5.74) is 0. The van der Waals surface area contributed by atoms with Gasteiger partial charge in [-0.3, -0.25) is 10.1 Å². The topological polar surface area (TPSA) is 77.3 Å². The summed E-state index contributed by atoms with van der Waals surface area (Å²) in [7, 11) is -4.03. The number of benzene rings is 1. The normalized spacial score (nSPS) is 11.3. The van der Waals surface area contributed by atoms with E-state index in [0.29, 0.717) is 0 Å². The molecule has 0 aliphatic rings. The maximum atomic E-state index is 11.4. The van der Waals surface area contributed by atoms with Crippen LogP contribution in [-0.4, -0.2) is 19.2 Å². The molecule has 8 heteroatoms. The SMILES string of the molecule is O=[N+]([O-])CS(=O)(=O)c1cccc(Cl)c1Cl. The molecule has 1 aromatic rings. The molecule has 1 aromatic carbocycles. The summed E-state index contributed by atoms with van der Waals surface area (Å²) >= 11 is 11.2. The Labute approximate surface area is 95.7 Å². The Morgan fingerprint density at radius 2 is 1.93 bits per heavy atom. The van der Waals surface area contributed by atoms with Gasteiger partial charge in [0.05, 0.1) is 14.9 Å². The van der Waals surface area contributed by atoms with Gasteiger partial charge in [-0.25, -0.2) is 8.42 Å². The van der Waals surface area contributed by atoms with Crippen LogP contribution < -0.4 is 0 Å². The molecule has 0 saturated carbocycles. The van der Waals surface area contributed by atoms with Crippen LogP contribution in [0.1, 0.15) is 0 Å². The van der Waals surface area contributed by atoms with E-state index in [1.54, 1.807) is 0 Å². The zero-order valence-electron chi connectivity index (χ0n) is 7.18. The third-order valence-corrected chi connectivity index (χ3v) is 4.02. The first kappa shape index (κ1) is 12.2. The fourth-order valence-electron chi connectivity index (χ4n) is 0.933. The van der Waals surface area contributed by atoms with E-state index in [4.69, 9.17) is 23.2 Å². The van der Waals surface area contributed by atoms with Crippen molar-refractivity contribution in [1.82, 2.24) is 0 Å². The Morgan fingerprint density at radius 3 is 2.47 bits per heavy atom. The molecule has 15 heavy (non-hydrogen) atoms. The van der Waals surface area contributed by atoms with Crippen LogP contribution >= 0.6 is 23.2 Å². The lowest BCUT2D eigenvalue weighted by Gasteiger charge is -2.03. The Balaban J connectivity index is 3.28. The molecule has 0 amide bonds. The molecular weight excluding hydrogens is 265 g/mol. The Kier molecular flexibility index (Phi) is 3.54. The summed E-state index contributed by atoms with van der Waals surface area (Å²) in [6.07, 6.45) is 0. The van der Waals surface area contributed by atoms with Gasteiger partial charge in [0.15, 0.2) is 0 Å². The molecule has 0 spiro atoms. The van der Waals surface area contributed by atoms with Crippen LogP contribution in [0.15, 0.2) is 23.1 Å². The zero-order chi connectivity index (χ0) is 11.6. The van der Waals surface area contributed by atoms with Crippen molar-refractivity contribution in [1.29, 1.82) is 0 Å². The van der Waals surface area contributed by atoms with Gasteiger partial charge in [-0.05, 0) is 12.1 Å². The summed E-state index contributed by atoms with van der Waals surface area (Å²) < 4.78 is 22.9. The standard InChI is InChI=1S/C7H5Cl2NO4S/c8-5-2-1-3-6(7(5)9)15(13,14)4-10(11)12/h1-3H,4H2. The van der Waals surface area contributed by atoms with E-state index in [-0.39, 0.29) is 14.9 Å². The second kappa shape index (κ2) is 4.34. The molecule has 0 unspecified atom stereocenters. The molecule has 0 aliphatic heterocycles. The van der Waals surface area contributed by atoms with Gasteiger partial charge >= 0.3 is 5.88 Å². The van der Waals surface area contributed by atoms with Crippen molar-refractivity contribution in [3.63, 3.8) is 0 Å². The van der Waals surface area contributed by atoms with Gasteiger partial charge in [0.2, 0.25) is 9.84 Å². The van der Waals surface area contributed by atoms with Gasteiger partial charge in [0.1, 0.15) is 0 Å². The number of sulfone groups is 1. The summed E-state index contributed by atoms with van der Waals surface area (Å²) in [6, 6.07) is 3.93. The van der Waals surface area contributed by atoms with Crippen LogP contribution in [-0.2, 0) is 9.84 Å². The minimum Gasteiger partial charge on any atom is -0.263 e. The van der Waals surface area contributed by atoms with Crippen LogP contribution in [0.5, 0.6) is 0 Å². The first-order valence-corrected chi connectivity index (χ1v) is 6.04. The number of hydrogen-bond donors (Lipinski definition) is 0. The van der Waals surface area contributed by atoms with Crippen LogP contribution in [0, 0.1) is 10.1 Å². The number of halogens is 2. The van der Waals surface area contributed by atoms with Crippen molar-refractivity contribution in [3.8, 4) is 0 Å². The lowest BCUT2D eigenvalue weighted by molar-refractivity contribution is -0.458. The summed E-state index contributed by atoms with van der Waals surface area (Å²) in [5.74, 6) is -1.20. The van der Waals surface area contributed by atoms with Crippen LogP contribution in [0.3, 0.4) is 0 Å². The lowest BCUT2D eigenvalue weighted by Crippen LogP contribution is -2.14. The summed E-state index contributed by atoms with van der Waals surface area (Å²) in [6.45, 7) is 0. The molecule has 0 radical (unpaired) electrons. The van der Waals surface area contributed by atoms with Crippen molar-refractivity contribution in [2.24, 2.45) is 0 Å². The number of nitrogens with zero attached hydrogens (tertiary/aromatic N) is 1.